The predicted molar refractivity (Wildman–Crippen MR) is 77.2 cm³/mol. The molecule has 0 aliphatic carbocycles. The zero-order valence-corrected chi connectivity index (χ0v) is 11.4. The van der Waals surface area contributed by atoms with Crippen molar-refractivity contribution in [2.45, 2.75) is 37.4 Å². The van der Waals surface area contributed by atoms with Gasteiger partial charge in [-0.2, -0.15) is 0 Å². The van der Waals surface area contributed by atoms with E-state index in [-0.39, 0.29) is 0 Å². The molecule has 2 bridgehead atoms. The van der Waals surface area contributed by atoms with Gasteiger partial charge in [-0.25, -0.2) is 4.98 Å². The number of nitrogens with zero attached hydrogens (tertiary/aromatic N) is 1. The van der Waals surface area contributed by atoms with Crippen LogP contribution in [0.3, 0.4) is 0 Å². The second-order valence-electron chi connectivity index (χ2n) is 5.41. The van der Waals surface area contributed by atoms with Crippen LogP contribution >= 0.6 is 11.3 Å². The third-order valence-corrected chi connectivity index (χ3v) is 5.13. The molecule has 0 saturated carbocycles. The zero-order valence-electron chi connectivity index (χ0n) is 10.6. The number of thiazole rings is 1. The highest BCUT2D eigenvalue weighted by atomic mass is 32.1. The van der Waals surface area contributed by atoms with E-state index in [0.29, 0.717) is 18.1 Å². The fraction of sp³-hybridized carbons (Fsp3) is 0.400. The standard InChI is InChI=1S/C15H16N2OS/c16-10-3-1-9(2-4-10)13-8-19-15(17-13)12-7-11-5-6-14(12)18-11/h1-4,8,11-12,14H,5-7,16H2. The van der Waals surface area contributed by atoms with E-state index in [4.69, 9.17) is 15.5 Å². The molecular weight excluding hydrogens is 256 g/mol. The van der Waals surface area contributed by atoms with Gasteiger partial charge < -0.3 is 10.5 Å². The second-order valence-corrected chi connectivity index (χ2v) is 6.30. The summed E-state index contributed by atoms with van der Waals surface area (Å²) in [5.41, 5.74) is 8.71. The van der Waals surface area contributed by atoms with Crippen molar-refractivity contribution in [3.05, 3.63) is 34.7 Å². The molecule has 3 atom stereocenters. The minimum atomic E-state index is 0.412. The maximum absolute atomic E-state index is 5.92. The van der Waals surface area contributed by atoms with Crippen molar-refractivity contribution in [2.75, 3.05) is 5.73 Å². The van der Waals surface area contributed by atoms with Gasteiger partial charge in [-0.05, 0) is 31.4 Å². The van der Waals surface area contributed by atoms with Gasteiger partial charge in [0, 0.05) is 22.5 Å². The monoisotopic (exact) mass is 272 g/mol. The Labute approximate surface area is 116 Å². The largest absolute Gasteiger partial charge is 0.399 e. The molecule has 4 heteroatoms. The van der Waals surface area contributed by atoms with Crippen LogP contribution in [0.1, 0.15) is 30.2 Å². The maximum Gasteiger partial charge on any atom is 0.0990 e. The van der Waals surface area contributed by atoms with E-state index in [2.05, 4.69) is 5.38 Å². The van der Waals surface area contributed by atoms with Gasteiger partial charge >= 0.3 is 0 Å². The summed E-state index contributed by atoms with van der Waals surface area (Å²) in [4.78, 5) is 4.81. The number of anilines is 1. The first kappa shape index (κ1) is 11.4. The lowest BCUT2D eigenvalue weighted by Gasteiger charge is -2.15. The first-order valence-corrected chi connectivity index (χ1v) is 7.64. The van der Waals surface area contributed by atoms with Crippen molar-refractivity contribution in [2.24, 2.45) is 0 Å². The lowest BCUT2D eigenvalue weighted by atomic mass is 9.90. The van der Waals surface area contributed by atoms with Gasteiger partial charge in [0.1, 0.15) is 0 Å². The van der Waals surface area contributed by atoms with Crippen LogP contribution in [-0.2, 0) is 4.74 Å². The number of benzene rings is 1. The molecule has 1 aromatic heterocycles. The summed E-state index contributed by atoms with van der Waals surface area (Å²) < 4.78 is 5.92. The Morgan fingerprint density at radius 3 is 2.74 bits per heavy atom. The number of hydrogen-bond acceptors (Lipinski definition) is 4. The number of rotatable bonds is 2. The second kappa shape index (κ2) is 4.32. The molecule has 2 aliphatic rings. The van der Waals surface area contributed by atoms with E-state index < -0.39 is 0 Å². The van der Waals surface area contributed by atoms with Crippen molar-refractivity contribution < 1.29 is 4.74 Å². The molecule has 0 spiro atoms. The van der Waals surface area contributed by atoms with E-state index in [1.54, 1.807) is 11.3 Å². The zero-order chi connectivity index (χ0) is 12.8. The van der Waals surface area contributed by atoms with Crippen molar-refractivity contribution >= 4 is 17.0 Å². The fourth-order valence-electron chi connectivity index (χ4n) is 3.14. The van der Waals surface area contributed by atoms with Gasteiger partial charge in [0.05, 0.1) is 22.9 Å². The van der Waals surface area contributed by atoms with Gasteiger partial charge in [0.15, 0.2) is 0 Å². The number of nitrogen functional groups attached to an aromatic ring is 1. The van der Waals surface area contributed by atoms with Crippen LogP contribution in [0.15, 0.2) is 29.6 Å². The first-order chi connectivity index (χ1) is 9.29. The molecular formula is C15H16N2OS. The number of fused-ring (bicyclic) bond motifs is 2. The van der Waals surface area contributed by atoms with Crippen LogP contribution in [0, 0.1) is 0 Å². The molecule has 1 aromatic carbocycles. The molecule has 2 aromatic rings. The van der Waals surface area contributed by atoms with E-state index in [1.807, 2.05) is 24.3 Å². The quantitative estimate of drug-likeness (QED) is 0.852. The highest BCUT2D eigenvalue weighted by Gasteiger charge is 2.42. The summed E-state index contributed by atoms with van der Waals surface area (Å²) in [6.45, 7) is 0. The molecule has 3 nitrogen and oxygen atoms in total. The van der Waals surface area contributed by atoms with Crippen molar-refractivity contribution in [3.63, 3.8) is 0 Å². The Bertz CT molecular complexity index is 592. The van der Waals surface area contributed by atoms with Crippen LogP contribution in [0.5, 0.6) is 0 Å². The number of ether oxygens (including phenoxy) is 1. The molecule has 3 unspecified atom stereocenters. The topological polar surface area (TPSA) is 48.1 Å². The minimum Gasteiger partial charge on any atom is -0.399 e. The van der Waals surface area contributed by atoms with Crippen LogP contribution in [-0.4, -0.2) is 17.2 Å². The summed E-state index contributed by atoms with van der Waals surface area (Å²) in [5, 5.41) is 3.38. The summed E-state index contributed by atoms with van der Waals surface area (Å²) in [6, 6.07) is 7.92. The summed E-state index contributed by atoms with van der Waals surface area (Å²) in [7, 11) is 0. The fourth-order valence-corrected chi connectivity index (χ4v) is 4.14. The van der Waals surface area contributed by atoms with Crippen LogP contribution in [0.4, 0.5) is 5.69 Å². The third-order valence-electron chi connectivity index (χ3n) is 4.15. The number of hydrogen-bond donors (Lipinski definition) is 1. The predicted octanol–water partition coefficient (Wildman–Crippen LogP) is 3.43. The summed E-state index contributed by atoms with van der Waals surface area (Å²) in [6.07, 6.45) is 4.48. The first-order valence-electron chi connectivity index (χ1n) is 6.76. The van der Waals surface area contributed by atoms with Crippen LogP contribution in [0.25, 0.3) is 11.3 Å². The molecule has 0 amide bonds. The lowest BCUT2D eigenvalue weighted by molar-refractivity contribution is 0.101. The SMILES string of the molecule is Nc1ccc(-c2csc(C3CC4CCC3O4)n2)cc1. The van der Waals surface area contributed by atoms with Crippen LogP contribution in [0.2, 0.25) is 0 Å². The highest BCUT2D eigenvalue weighted by molar-refractivity contribution is 7.10. The van der Waals surface area contributed by atoms with Crippen molar-refractivity contribution in [3.8, 4) is 11.3 Å². The maximum atomic E-state index is 5.92. The summed E-state index contributed by atoms with van der Waals surface area (Å²) >= 11 is 1.76. The lowest BCUT2D eigenvalue weighted by Crippen LogP contribution is -2.13. The molecule has 19 heavy (non-hydrogen) atoms. The van der Waals surface area contributed by atoms with Gasteiger partial charge in [-0.3, -0.25) is 0 Å². The van der Waals surface area contributed by atoms with Gasteiger partial charge in [-0.15, -0.1) is 11.3 Å². The van der Waals surface area contributed by atoms with E-state index in [0.717, 1.165) is 23.4 Å². The van der Waals surface area contributed by atoms with E-state index >= 15 is 0 Å². The molecule has 0 radical (unpaired) electrons. The van der Waals surface area contributed by atoms with Crippen molar-refractivity contribution in [1.29, 1.82) is 0 Å². The molecule has 2 N–H and O–H groups in total. The normalized spacial score (nSPS) is 28.9. The molecule has 4 rings (SSSR count). The van der Waals surface area contributed by atoms with E-state index in [9.17, 15) is 0 Å². The summed E-state index contributed by atoms with van der Waals surface area (Å²) in [5.74, 6) is 0.520. The van der Waals surface area contributed by atoms with Crippen LogP contribution < -0.4 is 5.73 Å². The molecule has 2 fully saturated rings. The molecule has 98 valence electrons. The minimum absolute atomic E-state index is 0.412. The Morgan fingerprint density at radius 1 is 1.21 bits per heavy atom. The Hall–Kier alpha value is -1.39. The smallest absolute Gasteiger partial charge is 0.0990 e. The molecule has 2 saturated heterocycles. The average Bonchev–Trinajstić information content (AvgIpc) is 3.15. The Kier molecular flexibility index (Phi) is 2.60. The number of nitrogens with two attached hydrogens (primary N) is 1. The Morgan fingerprint density at radius 2 is 2.05 bits per heavy atom. The van der Waals surface area contributed by atoms with Crippen molar-refractivity contribution in [1.82, 2.24) is 4.98 Å². The number of aromatic nitrogens is 1. The molecule has 2 aliphatic heterocycles. The molecule has 3 heterocycles. The van der Waals surface area contributed by atoms with Gasteiger partial charge in [-0.1, -0.05) is 12.1 Å². The van der Waals surface area contributed by atoms with Gasteiger partial charge in [0.25, 0.3) is 0 Å². The third kappa shape index (κ3) is 1.95. The highest BCUT2D eigenvalue weighted by Crippen LogP contribution is 2.45. The van der Waals surface area contributed by atoms with Gasteiger partial charge in [0.2, 0.25) is 0 Å². The average molecular weight is 272 g/mol. The Balaban J connectivity index is 1.61. The van der Waals surface area contributed by atoms with E-state index in [1.165, 1.54) is 17.8 Å².